The van der Waals surface area contributed by atoms with Crippen molar-refractivity contribution in [3.63, 3.8) is 0 Å². The summed E-state index contributed by atoms with van der Waals surface area (Å²) in [4.78, 5) is 7.89. The van der Waals surface area contributed by atoms with E-state index >= 15 is 0 Å². The molecule has 0 spiro atoms. The summed E-state index contributed by atoms with van der Waals surface area (Å²) in [5.41, 5.74) is 1.84. The Morgan fingerprint density at radius 2 is 2.18 bits per heavy atom. The van der Waals surface area contributed by atoms with Crippen LogP contribution in [-0.4, -0.2) is 38.3 Å². The average Bonchev–Trinajstić information content (AvgIpc) is 3.26. The number of hydrogen-bond acceptors (Lipinski definition) is 4. The molecule has 1 aliphatic heterocycles. The number of nitrogens with one attached hydrogen (secondary N) is 1. The molecular formula is C20H28FN3O2S2. The van der Waals surface area contributed by atoms with Crippen molar-refractivity contribution in [2.75, 3.05) is 19.6 Å². The highest BCUT2D eigenvalue weighted by molar-refractivity contribution is 7.77. The van der Waals surface area contributed by atoms with Crippen LogP contribution in [-0.2, 0) is 23.2 Å². The van der Waals surface area contributed by atoms with Crippen LogP contribution >= 0.6 is 11.3 Å². The Morgan fingerprint density at radius 3 is 2.79 bits per heavy atom. The fourth-order valence-electron chi connectivity index (χ4n) is 3.95. The molecule has 0 amide bonds. The molecule has 0 bridgehead atoms. The minimum atomic E-state index is -2.04. The van der Waals surface area contributed by atoms with Gasteiger partial charge in [-0.2, -0.15) is 4.39 Å². The van der Waals surface area contributed by atoms with Crippen molar-refractivity contribution in [1.29, 1.82) is 0 Å². The first-order chi connectivity index (χ1) is 13.2. The molecule has 3 rings (SSSR count). The van der Waals surface area contributed by atoms with Crippen LogP contribution in [0.1, 0.15) is 42.8 Å². The van der Waals surface area contributed by atoms with Gasteiger partial charge in [0, 0.05) is 35.4 Å². The largest absolute Gasteiger partial charge is 0.294 e. The topological polar surface area (TPSA) is 65.5 Å². The van der Waals surface area contributed by atoms with Crippen molar-refractivity contribution in [3.8, 4) is 0 Å². The van der Waals surface area contributed by atoms with Crippen molar-refractivity contribution < 1.29 is 13.2 Å². The first kappa shape index (κ1) is 21.5. The Hall–Kier alpha value is -1.19. The molecule has 5 nitrogen and oxygen atoms in total. The zero-order valence-corrected chi connectivity index (χ0v) is 18.2. The maximum absolute atomic E-state index is 13.3. The van der Waals surface area contributed by atoms with E-state index in [4.69, 9.17) is 0 Å². The van der Waals surface area contributed by atoms with E-state index in [0.717, 1.165) is 48.5 Å². The Labute approximate surface area is 172 Å². The molecule has 0 saturated carbocycles. The molecular weight excluding hydrogens is 397 g/mol. The molecule has 2 N–H and O–H groups in total. The van der Waals surface area contributed by atoms with Crippen molar-refractivity contribution in [1.82, 2.24) is 14.6 Å². The Bertz CT molecular complexity index is 825. The van der Waals surface area contributed by atoms with Gasteiger partial charge in [-0.1, -0.05) is 6.07 Å². The number of thiophene rings is 1. The summed E-state index contributed by atoms with van der Waals surface area (Å²) in [6.45, 7) is 8.54. The molecule has 2 unspecified atom stereocenters. The first-order valence-corrected chi connectivity index (χ1v) is 11.4. The van der Waals surface area contributed by atoms with Crippen LogP contribution in [0.15, 0.2) is 30.5 Å². The molecule has 1 saturated heterocycles. The lowest BCUT2D eigenvalue weighted by atomic mass is 9.82. The maximum atomic E-state index is 13.3. The van der Waals surface area contributed by atoms with Gasteiger partial charge in [-0.15, -0.1) is 11.3 Å². The van der Waals surface area contributed by atoms with Crippen molar-refractivity contribution in [2.45, 2.75) is 45.6 Å². The lowest BCUT2D eigenvalue weighted by Gasteiger charge is -2.38. The standard InChI is InChI=1S/C20H28FN3O2S2/c1-15-4-5-16(12-22-15)19(2,3)24-11-10-20(14-24,13-23-28(25)26)9-8-17-6-7-18(21)27-17/h4-7,12,23H,8-11,13-14H2,1-3H3,(H,25,26). The van der Waals surface area contributed by atoms with E-state index < -0.39 is 11.3 Å². The van der Waals surface area contributed by atoms with E-state index in [1.165, 1.54) is 17.4 Å². The predicted molar refractivity (Wildman–Crippen MR) is 112 cm³/mol. The molecule has 0 radical (unpaired) electrons. The highest BCUT2D eigenvalue weighted by Gasteiger charge is 2.43. The number of nitrogens with zero attached hydrogens (tertiary/aromatic N) is 2. The monoisotopic (exact) mass is 425 g/mol. The van der Waals surface area contributed by atoms with Crippen molar-refractivity contribution in [3.05, 3.63) is 51.7 Å². The molecule has 28 heavy (non-hydrogen) atoms. The number of hydrogen-bond donors (Lipinski definition) is 2. The van der Waals surface area contributed by atoms with E-state index in [1.807, 2.05) is 25.3 Å². The second-order valence-electron chi connectivity index (χ2n) is 8.19. The van der Waals surface area contributed by atoms with Crippen LogP contribution in [0.3, 0.4) is 0 Å². The second-order valence-corrected chi connectivity index (χ2v) is 10.1. The fraction of sp³-hybridized carbons (Fsp3) is 0.550. The fourth-order valence-corrected chi connectivity index (χ4v) is 5.11. The number of likely N-dealkylation sites (tertiary alicyclic amines) is 1. The van der Waals surface area contributed by atoms with Gasteiger partial charge in [0.05, 0.1) is 0 Å². The summed E-state index contributed by atoms with van der Waals surface area (Å²) in [6.07, 6.45) is 4.48. The molecule has 1 aliphatic rings. The number of aromatic nitrogens is 1. The molecule has 2 atom stereocenters. The van der Waals surface area contributed by atoms with Gasteiger partial charge >= 0.3 is 0 Å². The van der Waals surface area contributed by atoms with E-state index in [1.54, 1.807) is 0 Å². The van der Waals surface area contributed by atoms with Gasteiger partial charge in [0.1, 0.15) is 0 Å². The van der Waals surface area contributed by atoms with Crippen molar-refractivity contribution >= 4 is 22.6 Å². The summed E-state index contributed by atoms with van der Waals surface area (Å²) in [7, 11) is 0. The van der Waals surface area contributed by atoms with Gasteiger partial charge in [-0.05, 0) is 75.8 Å². The third-order valence-corrected chi connectivity index (χ3v) is 7.27. The minimum Gasteiger partial charge on any atom is -0.294 e. The van der Waals surface area contributed by atoms with Gasteiger partial charge < -0.3 is 0 Å². The van der Waals surface area contributed by atoms with E-state index in [9.17, 15) is 13.2 Å². The van der Waals surface area contributed by atoms with Gasteiger partial charge in [0.15, 0.2) is 5.13 Å². The molecule has 0 aliphatic carbocycles. The Kier molecular flexibility index (Phi) is 6.66. The number of rotatable bonds is 8. The number of aryl methyl sites for hydroxylation is 2. The lowest BCUT2D eigenvalue weighted by molar-refractivity contribution is 0.128. The zero-order chi connectivity index (χ0) is 20.4. The smallest absolute Gasteiger partial charge is 0.231 e. The Balaban J connectivity index is 1.75. The quantitative estimate of drug-likeness (QED) is 0.630. The average molecular weight is 426 g/mol. The summed E-state index contributed by atoms with van der Waals surface area (Å²) < 4.78 is 36.5. The normalized spacial score (nSPS) is 21.9. The predicted octanol–water partition coefficient (Wildman–Crippen LogP) is 3.88. The van der Waals surface area contributed by atoms with Crippen LogP contribution in [0.2, 0.25) is 0 Å². The number of pyridine rings is 1. The van der Waals surface area contributed by atoms with Gasteiger partial charge in [0.25, 0.3) is 0 Å². The number of halogens is 1. The van der Waals surface area contributed by atoms with Crippen LogP contribution < -0.4 is 4.72 Å². The molecule has 3 heterocycles. The van der Waals surface area contributed by atoms with Crippen LogP contribution in [0.4, 0.5) is 4.39 Å². The summed E-state index contributed by atoms with van der Waals surface area (Å²) in [5.74, 6) is 0. The summed E-state index contributed by atoms with van der Waals surface area (Å²) in [5, 5.41) is -0.167. The summed E-state index contributed by atoms with van der Waals surface area (Å²) in [6, 6.07) is 7.49. The van der Waals surface area contributed by atoms with Gasteiger partial charge in [-0.3, -0.25) is 14.4 Å². The van der Waals surface area contributed by atoms with Gasteiger partial charge in [0.2, 0.25) is 11.3 Å². The Morgan fingerprint density at radius 1 is 1.39 bits per heavy atom. The highest BCUT2D eigenvalue weighted by atomic mass is 32.2. The van der Waals surface area contributed by atoms with E-state index in [2.05, 4.69) is 34.5 Å². The van der Waals surface area contributed by atoms with E-state index in [0.29, 0.717) is 6.54 Å². The molecule has 1 fully saturated rings. The van der Waals surface area contributed by atoms with Gasteiger partial charge in [-0.25, -0.2) is 8.93 Å². The van der Waals surface area contributed by atoms with Crippen LogP contribution in [0, 0.1) is 17.5 Å². The second kappa shape index (κ2) is 8.67. The minimum absolute atomic E-state index is 0.131. The highest BCUT2D eigenvalue weighted by Crippen LogP contribution is 2.41. The third-order valence-electron chi connectivity index (χ3n) is 5.95. The third kappa shape index (κ3) is 5.04. The van der Waals surface area contributed by atoms with E-state index in [-0.39, 0.29) is 16.1 Å². The molecule has 2 aromatic heterocycles. The van der Waals surface area contributed by atoms with Crippen LogP contribution in [0.5, 0.6) is 0 Å². The molecule has 8 heteroatoms. The maximum Gasteiger partial charge on any atom is 0.231 e. The first-order valence-electron chi connectivity index (χ1n) is 9.47. The molecule has 154 valence electrons. The lowest BCUT2D eigenvalue weighted by Crippen LogP contribution is -2.44. The summed E-state index contributed by atoms with van der Waals surface area (Å²) >= 11 is -0.858. The van der Waals surface area contributed by atoms with Crippen molar-refractivity contribution in [2.24, 2.45) is 5.41 Å². The molecule has 0 aromatic carbocycles. The molecule has 2 aromatic rings. The SMILES string of the molecule is Cc1ccc(C(C)(C)N2CCC(CCc3ccc(F)s3)(CNS(=O)O)C2)cn1. The zero-order valence-electron chi connectivity index (χ0n) is 16.6. The van der Waals surface area contributed by atoms with Crippen LogP contribution in [0.25, 0.3) is 0 Å².